The van der Waals surface area contributed by atoms with Crippen LogP contribution in [0.2, 0.25) is 0 Å². The van der Waals surface area contributed by atoms with Gasteiger partial charge in [0.25, 0.3) is 0 Å². The summed E-state index contributed by atoms with van der Waals surface area (Å²) >= 11 is 0. The first-order chi connectivity index (χ1) is 30.0. The summed E-state index contributed by atoms with van der Waals surface area (Å²) in [6.07, 6.45) is 9.10. The van der Waals surface area contributed by atoms with Crippen LogP contribution in [0.1, 0.15) is 5.56 Å². The van der Waals surface area contributed by atoms with Gasteiger partial charge in [0.1, 0.15) is 0 Å². The fraction of sp³-hybridized carbons (Fsp3) is 0.0877. The van der Waals surface area contributed by atoms with Crippen molar-refractivity contribution in [3.63, 3.8) is 0 Å². The molecule has 0 saturated carbocycles. The molecule has 3 aliphatic rings. The smallest absolute Gasteiger partial charge is 0.0765 e. The van der Waals surface area contributed by atoms with Crippen LogP contribution in [0.25, 0.3) is 54.6 Å². The molecule has 2 heterocycles. The Hall–Kier alpha value is -7.56. The van der Waals surface area contributed by atoms with E-state index in [1.807, 2.05) is 0 Å². The zero-order valence-electron chi connectivity index (χ0n) is 34.5. The lowest BCUT2D eigenvalue weighted by Crippen LogP contribution is -2.52. The third-order valence-electron chi connectivity index (χ3n) is 13.3. The average Bonchev–Trinajstić information content (AvgIpc) is 3.31. The van der Waals surface area contributed by atoms with Gasteiger partial charge in [-0.1, -0.05) is 145 Å². The highest BCUT2D eigenvalue weighted by Crippen LogP contribution is 2.53. The van der Waals surface area contributed by atoms with Gasteiger partial charge in [-0.15, -0.1) is 0 Å². The predicted octanol–water partition coefficient (Wildman–Crippen LogP) is 14.8. The van der Waals surface area contributed by atoms with Crippen LogP contribution < -0.4 is 19.6 Å². The lowest BCUT2D eigenvalue weighted by Gasteiger charge is -2.48. The third-order valence-corrected chi connectivity index (χ3v) is 13.3. The van der Waals surface area contributed by atoms with Crippen molar-refractivity contribution in [1.82, 2.24) is 0 Å². The lowest BCUT2D eigenvalue weighted by atomic mass is 9.84. The molecule has 2 aliphatic heterocycles. The summed E-state index contributed by atoms with van der Waals surface area (Å²) in [6.45, 7) is 2.17. The summed E-state index contributed by atoms with van der Waals surface area (Å²) in [4.78, 5) is 9.75. The second-order valence-corrected chi connectivity index (χ2v) is 16.7. The van der Waals surface area contributed by atoms with Crippen LogP contribution in [0.15, 0.2) is 200 Å². The molecule has 4 nitrogen and oxygen atoms in total. The molecule has 0 bridgehead atoms. The fourth-order valence-corrected chi connectivity index (χ4v) is 10.4. The van der Waals surface area contributed by atoms with E-state index in [4.69, 9.17) is 0 Å². The average molecular weight is 785 g/mol. The molecule has 12 rings (SSSR count). The summed E-state index contributed by atoms with van der Waals surface area (Å²) < 4.78 is 0. The van der Waals surface area contributed by atoms with E-state index >= 15 is 0 Å². The summed E-state index contributed by atoms with van der Waals surface area (Å²) in [5.74, 6) is 0. The molecule has 61 heavy (non-hydrogen) atoms. The molecule has 9 aromatic carbocycles. The number of benzene rings is 9. The molecule has 0 saturated heterocycles. The first-order valence-corrected chi connectivity index (χ1v) is 21.3. The van der Waals surface area contributed by atoms with Crippen molar-refractivity contribution in [2.45, 2.75) is 19.0 Å². The Balaban J connectivity index is 1.19. The molecule has 0 radical (unpaired) electrons. The number of fused-ring (bicyclic) bond motifs is 7. The molecule has 0 spiro atoms. The van der Waals surface area contributed by atoms with Gasteiger partial charge in [-0.25, -0.2) is 0 Å². The molecule has 292 valence electrons. The molecule has 1 aliphatic carbocycles. The molecule has 4 heteroatoms. The summed E-state index contributed by atoms with van der Waals surface area (Å²) in [6, 6.07) is 65.9. The number of hydrogen-bond acceptors (Lipinski definition) is 4. The Labute approximate surface area is 357 Å². The van der Waals surface area contributed by atoms with E-state index in [0.717, 1.165) is 17.1 Å². The van der Waals surface area contributed by atoms with Crippen LogP contribution in [-0.4, -0.2) is 26.2 Å². The maximum Gasteiger partial charge on any atom is 0.0765 e. The minimum atomic E-state index is 0.136. The second kappa shape index (κ2) is 13.8. The van der Waals surface area contributed by atoms with Crippen LogP contribution in [0.5, 0.6) is 0 Å². The van der Waals surface area contributed by atoms with E-state index in [1.165, 1.54) is 88.6 Å². The van der Waals surface area contributed by atoms with Gasteiger partial charge >= 0.3 is 0 Å². The molecule has 2 unspecified atom stereocenters. The molecule has 0 N–H and O–H groups in total. The van der Waals surface area contributed by atoms with Gasteiger partial charge in [-0.05, 0) is 122 Å². The van der Waals surface area contributed by atoms with Crippen LogP contribution >= 0.6 is 0 Å². The van der Waals surface area contributed by atoms with Gasteiger partial charge in [0.15, 0.2) is 0 Å². The topological polar surface area (TPSA) is 13.0 Å². The van der Waals surface area contributed by atoms with E-state index in [1.54, 1.807) is 0 Å². The Kier molecular flexibility index (Phi) is 7.98. The maximum absolute atomic E-state index is 2.56. The van der Waals surface area contributed by atoms with Crippen molar-refractivity contribution in [3.05, 3.63) is 206 Å². The Morgan fingerprint density at radius 2 is 0.967 bits per heavy atom. The van der Waals surface area contributed by atoms with Gasteiger partial charge in [0.2, 0.25) is 0 Å². The quantitative estimate of drug-likeness (QED) is 0.165. The van der Waals surface area contributed by atoms with Crippen LogP contribution in [-0.2, 0) is 0 Å². The molecule has 0 fully saturated rings. The second-order valence-electron chi connectivity index (χ2n) is 16.7. The molecule has 9 aromatic rings. The van der Waals surface area contributed by atoms with Gasteiger partial charge < -0.3 is 19.6 Å². The van der Waals surface area contributed by atoms with Crippen LogP contribution in [0.3, 0.4) is 0 Å². The number of nitrogens with zero attached hydrogens (tertiary/aromatic N) is 4. The lowest BCUT2D eigenvalue weighted by molar-refractivity contribution is 0.620. The van der Waals surface area contributed by atoms with Gasteiger partial charge in [-0.2, -0.15) is 0 Å². The number of anilines is 8. The fourth-order valence-electron chi connectivity index (χ4n) is 10.4. The monoisotopic (exact) mass is 784 g/mol. The van der Waals surface area contributed by atoms with Gasteiger partial charge in [-0.3, -0.25) is 0 Å². The van der Waals surface area contributed by atoms with Crippen molar-refractivity contribution in [1.29, 1.82) is 0 Å². The normalized spacial score (nSPS) is 16.5. The largest absolute Gasteiger partial charge is 0.364 e. The van der Waals surface area contributed by atoms with Crippen molar-refractivity contribution >= 4 is 77.8 Å². The number of allylic oxidation sites excluding steroid dienone is 2. The Morgan fingerprint density at radius 1 is 0.410 bits per heavy atom. The summed E-state index contributed by atoms with van der Waals surface area (Å²) in [5, 5.41) is 7.41. The van der Waals surface area contributed by atoms with Gasteiger partial charge in [0.05, 0.1) is 46.2 Å². The van der Waals surface area contributed by atoms with Crippen molar-refractivity contribution in [3.8, 4) is 22.3 Å². The zero-order chi connectivity index (χ0) is 40.8. The minimum absolute atomic E-state index is 0.136. The minimum Gasteiger partial charge on any atom is -0.364 e. The first kappa shape index (κ1) is 35.4. The SMILES string of the molecule is Cc1ccc(-c2c3cc(N4c5ccccc5N(C)c5ccccc54)ccc3c(-c3cccc4ccccc34)c3cc(N4c5ccccc5N(C)C5C=CC=CC54)ccc23)cc1. The van der Waals surface area contributed by atoms with Crippen molar-refractivity contribution < 1.29 is 0 Å². The number of aryl methyl sites for hydroxylation is 1. The van der Waals surface area contributed by atoms with E-state index in [9.17, 15) is 0 Å². The highest BCUT2D eigenvalue weighted by atomic mass is 15.3. The summed E-state index contributed by atoms with van der Waals surface area (Å²) in [5.41, 5.74) is 15.6. The Morgan fingerprint density at radius 3 is 1.70 bits per heavy atom. The van der Waals surface area contributed by atoms with E-state index < -0.39 is 0 Å². The van der Waals surface area contributed by atoms with Crippen molar-refractivity contribution in [2.24, 2.45) is 0 Å². The first-order valence-electron chi connectivity index (χ1n) is 21.3. The molecule has 0 amide bonds. The predicted molar refractivity (Wildman–Crippen MR) is 260 cm³/mol. The van der Waals surface area contributed by atoms with E-state index in [2.05, 4.69) is 241 Å². The highest BCUT2D eigenvalue weighted by molar-refractivity contribution is 6.24. The number of hydrogen-bond donors (Lipinski definition) is 0. The third kappa shape index (κ3) is 5.38. The summed E-state index contributed by atoms with van der Waals surface area (Å²) in [7, 11) is 4.40. The van der Waals surface area contributed by atoms with Crippen LogP contribution in [0, 0.1) is 6.92 Å². The Bertz CT molecular complexity index is 3230. The zero-order valence-corrected chi connectivity index (χ0v) is 34.5. The number of likely N-dealkylation sites (N-methyl/N-ethyl adjacent to an activating group) is 1. The standard InChI is InChI=1S/C57H44N4/c1-37-27-29-39(30-28-37)56-44-33-31-41(61-54-25-12-8-21-50(54)59(3)51-22-9-13-26-55(51)61)36-47(44)57(43-18-14-16-38-15-4-5-17-42(38)43)45-34-32-40(35-46(45)56)60-52-23-10-6-19-48(52)58(2)49-20-7-11-24-53(49)60/h4-36,50,54H,1-3H3. The molecular weight excluding hydrogens is 741 g/mol. The highest BCUT2D eigenvalue weighted by Gasteiger charge is 2.37. The van der Waals surface area contributed by atoms with Crippen LogP contribution in [0.4, 0.5) is 45.5 Å². The number of rotatable bonds is 4. The van der Waals surface area contributed by atoms with Gasteiger partial charge in [0, 0.05) is 25.5 Å². The molecule has 0 aromatic heterocycles. The molecule has 2 atom stereocenters. The maximum atomic E-state index is 2.56. The van der Waals surface area contributed by atoms with E-state index in [0.29, 0.717) is 0 Å². The van der Waals surface area contributed by atoms with E-state index in [-0.39, 0.29) is 12.1 Å². The van der Waals surface area contributed by atoms with Crippen molar-refractivity contribution in [2.75, 3.05) is 33.7 Å². The molecular formula is C57H44N4. The number of para-hydroxylation sites is 6.